The largest absolute Gasteiger partial charge is 0.347 e. The van der Waals surface area contributed by atoms with Crippen molar-refractivity contribution in [2.75, 3.05) is 13.2 Å². The van der Waals surface area contributed by atoms with E-state index in [4.69, 9.17) is 9.47 Å². The zero-order chi connectivity index (χ0) is 19.9. The summed E-state index contributed by atoms with van der Waals surface area (Å²) in [6.07, 6.45) is 8.86. The van der Waals surface area contributed by atoms with Crippen molar-refractivity contribution >= 4 is 0 Å². The van der Waals surface area contributed by atoms with Gasteiger partial charge >= 0.3 is 0 Å². The lowest BCUT2D eigenvalue weighted by Crippen LogP contribution is -2.45. The van der Waals surface area contributed by atoms with E-state index in [9.17, 15) is 0 Å². The monoisotopic (exact) mass is 379 g/mol. The quantitative estimate of drug-likeness (QED) is 0.672. The molecule has 4 atom stereocenters. The maximum Gasteiger partial charge on any atom is 0.169 e. The summed E-state index contributed by atoms with van der Waals surface area (Å²) in [4.78, 5) is 0. The Balaban J connectivity index is 1.45. The van der Waals surface area contributed by atoms with Crippen molar-refractivity contribution in [3.8, 4) is 0 Å². The molecule has 1 heterocycles. The van der Waals surface area contributed by atoms with Crippen LogP contribution in [0, 0.1) is 28.6 Å². The van der Waals surface area contributed by atoms with Crippen molar-refractivity contribution in [1.82, 2.24) is 5.32 Å². The van der Waals surface area contributed by atoms with E-state index in [1.165, 1.54) is 32.1 Å². The molecule has 0 aromatic heterocycles. The molecule has 1 aliphatic heterocycles. The van der Waals surface area contributed by atoms with E-state index < -0.39 is 0 Å². The summed E-state index contributed by atoms with van der Waals surface area (Å²) in [5.74, 6) is 2.15. The van der Waals surface area contributed by atoms with Gasteiger partial charge in [0.2, 0.25) is 0 Å². The Morgan fingerprint density at radius 1 is 1.11 bits per heavy atom. The molecule has 2 saturated carbocycles. The average molecular weight is 380 g/mol. The normalized spacial score (nSPS) is 35.4. The SMILES string of the molecule is CC1CC(CNC(C)C2COC3(CCC(C(C)(C)C)CC3)O2)CC(C)(C)C1. The summed E-state index contributed by atoms with van der Waals surface area (Å²) in [6, 6.07) is 0.366. The molecule has 1 spiro atoms. The van der Waals surface area contributed by atoms with Gasteiger partial charge in [-0.15, -0.1) is 0 Å². The third kappa shape index (κ3) is 5.48. The predicted octanol–water partition coefficient (Wildman–Crippen LogP) is 5.77. The van der Waals surface area contributed by atoms with Crippen LogP contribution in [-0.2, 0) is 9.47 Å². The van der Waals surface area contributed by atoms with Gasteiger partial charge in [0, 0.05) is 18.9 Å². The molecule has 1 N–H and O–H groups in total. The van der Waals surface area contributed by atoms with Crippen LogP contribution in [0.5, 0.6) is 0 Å². The van der Waals surface area contributed by atoms with E-state index in [-0.39, 0.29) is 11.9 Å². The van der Waals surface area contributed by atoms with Crippen molar-refractivity contribution < 1.29 is 9.47 Å². The Morgan fingerprint density at radius 2 is 1.78 bits per heavy atom. The topological polar surface area (TPSA) is 30.5 Å². The van der Waals surface area contributed by atoms with E-state index in [1.807, 2.05) is 0 Å². The van der Waals surface area contributed by atoms with Crippen molar-refractivity contribution in [3.63, 3.8) is 0 Å². The Kier molecular flexibility index (Phi) is 6.36. The number of rotatable bonds is 4. The van der Waals surface area contributed by atoms with Crippen LogP contribution in [0.1, 0.15) is 93.4 Å². The molecule has 0 radical (unpaired) electrons. The van der Waals surface area contributed by atoms with Crippen LogP contribution in [0.3, 0.4) is 0 Å². The molecule has 0 bridgehead atoms. The first kappa shape index (κ1) is 21.6. The summed E-state index contributed by atoms with van der Waals surface area (Å²) >= 11 is 0. The summed E-state index contributed by atoms with van der Waals surface area (Å²) in [5.41, 5.74) is 0.898. The molecule has 1 saturated heterocycles. The number of ether oxygens (including phenoxy) is 2. The van der Waals surface area contributed by atoms with Crippen LogP contribution in [0.2, 0.25) is 0 Å². The Morgan fingerprint density at radius 3 is 2.37 bits per heavy atom. The highest BCUT2D eigenvalue weighted by Crippen LogP contribution is 2.46. The van der Waals surface area contributed by atoms with Gasteiger partial charge in [0.15, 0.2) is 5.79 Å². The Labute approximate surface area is 168 Å². The zero-order valence-corrected chi connectivity index (χ0v) is 19.1. The minimum atomic E-state index is -0.288. The van der Waals surface area contributed by atoms with Crippen LogP contribution in [0.15, 0.2) is 0 Å². The molecule has 2 aliphatic carbocycles. The molecular formula is C24H45NO2. The lowest BCUT2D eigenvalue weighted by molar-refractivity contribution is -0.198. The fraction of sp³-hybridized carbons (Fsp3) is 1.00. The first-order valence-electron chi connectivity index (χ1n) is 11.5. The molecule has 3 nitrogen and oxygen atoms in total. The highest BCUT2D eigenvalue weighted by atomic mass is 16.7. The van der Waals surface area contributed by atoms with Gasteiger partial charge in [-0.2, -0.15) is 0 Å². The van der Waals surface area contributed by atoms with E-state index in [0.29, 0.717) is 16.9 Å². The van der Waals surface area contributed by atoms with Crippen molar-refractivity contribution in [2.24, 2.45) is 28.6 Å². The van der Waals surface area contributed by atoms with Gasteiger partial charge in [-0.25, -0.2) is 0 Å². The Hall–Kier alpha value is -0.120. The van der Waals surface area contributed by atoms with E-state index in [1.54, 1.807) is 0 Å². The number of hydrogen-bond acceptors (Lipinski definition) is 3. The number of nitrogens with one attached hydrogen (secondary N) is 1. The van der Waals surface area contributed by atoms with Crippen LogP contribution in [0.25, 0.3) is 0 Å². The zero-order valence-electron chi connectivity index (χ0n) is 19.1. The van der Waals surface area contributed by atoms with Gasteiger partial charge in [-0.05, 0) is 74.2 Å². The van der Waals surface area contributed by atoms with Gasteiger partial charge in [0.05, 0.1) is 12.7 Å². The lowest BCUT2D eigenvalue weighted by Gasteiger charge is -2.41. The van der Waals surface area contributed by atoms with Crippen LogP contribution < -0.4 is 5.32 Å². The highest BCUT2D eigenvalue weighted by molar-refractivity contribution is 4.91. The molecule has 3 fully saturated rings. The molecule has 3 rings (SSSR count). The molecular weight excluding hydrogens is 334 g/mol. The second-order valence-electron chi connectivity index (χ2n) is 12.0. The molecule has 27 heavy (non-hydrogen) atoms. The number of hydrogen-bond donors (Lipinski definition) is 1. The predicted molar refractivity (Wildman–Crippen MR) is 113 cm³/mol. The third-order valence-electron chi connectivity index (χ3n) is 7.61. The third-order valence-corrected chi connectivity index (χ3v) is 7.61. The van der Waals surface area contributed by atoms with E-state index in [0.717, 1.165) is 43.7 Å². The van der Waals surface area contributed by atoms with Crippen molar-refractivity contribution in [3.05, 3.63) is 0 Å². The fourth-order valence-corrected chi connectivity index (χ4v) is 6.19. The average Bonchev–Trinajstić information content (AvgIpc) is 2.94. The minimum Gasteiger partial charge on any atom is -0.347 e. The standard InChI is InChI=1S/C24H45NO2/c1-17-12-19(14-23(6,7)13-17)15-25-18(2)21-16-26-24(27-21)10-8-20(9-11-24)22(3,4)5/h17-21,25H,8-16H2,1-7H3. The second kappa shape index (κ2) is 7.95. The molecule has 0 aromatic rings. The molecule has 0 amide bonds. The summed E-state index contributed by atoms with van der Waals surface area (Å²) in [5, 5.41) is 3.80. The van der Waals surface area contributed by atoms with Gasteiger partial charge in [-0.1, -0.05) is 41.5 Å². The van der Waals surface area contributed by atoms with Gasteiger partial charge < -0.3 is 14.8 Å². The summed E-state index contributed by atoms with van der Waals surface area (Å²) in [6.45, 7) is 18.6. The van der Waals surface area contributed by atoms with Gasteiger partial charge in [0.1, 0.15) is 0 Å². The van der Waals surface area contributed by atoms with Crippen LogP contribution in [-0.4, -0.2) is 31.1 Å². The smallest absolute Gasteiger partial charge is 0.169 e. The minimum absolute atomic E-state index is 0.199. The van der Waals surface area contributed by atoms with Crippen molar-refractivity contribution in [2.45, 2.75) is 111 Å². The van der Waals surface area contributed by atoms with Gasteiger partial charge in [0.25, 0.3) is 0 Å². The van der Waals surface area contributed by atoms with Gasteiger partial charge in [-0.3, -0.25) is 0 Å². The molecule has 3 heteroatoms. The summed E-state index contributed by atoms with van der Waals surface area (Å²) in [7, 11) is 0. The lowest BCUT2D eigenvalue weighted by atomic mass is 9.68. The summed E-state index contributed by atoms with van der Waals surface area (Å²) < 4.78 is 12.8. The molecule has 4 unspecified atom stereocenters. The first-order chi connectivity index (χ1) is 12.5. The molecule has 158 valence electrons. The fourth-order valence-electron chi connectivity index (χ4n) is 6.19. The van der Waals surface area contributed by atoms with E-state index in [2.05, 4.69) is 53.8 Å². The maximum atomic E-state index is 6.53. The maximum absolute atomic E-state index is 6.53. The van der Waals surface area contributed by atoms with E-state index >= 15 is 0 Å². The van der Waals surface area contributed by atoms with Crippen molar-refractivity contribution in [1.29, 1.82) is 0 Å². The van der Waals surface area contributed by atoms with Crippen LogP contribution >= 0.6 is 0 Å². The molecule has 3 aliphatic rings. The van der Waals surface area contributed by atoms with Crippen LogP contribution in [0.4, 0.5) is 0 Å². The Bertz CT molecular complexity index is 487. The highest BCUT2D eigenvalue weighted by Gasteiger charge is 2.47. The second-order valence-corrected chi connectivity index (χ2v) is 12.0. The molecule has 0 aromatic carbocycles. The first-order valence-corrected chi connectivity index (χ1v) is 11.5.